The average Bonchev–Trinajstić information content (AvgIpc) is 3.55. The molecule has 264 valence electrons. The maximum Gasteiger partial charge on any atom is 0.128 e. The summed E-state index contributed by atoms with van der Waals surface area (Å²) in [4.78, 5) is 6.43. The van der Waals surface area contributed by atoms with E-state index in [9.17, 15) is 20.6 Å². The van der Waals surface area contributed by atoms with Crippen LogP contribution in [0.15, 0.2) is 67.0 Å². The highest BCUT2D eigenvalue weighted by Gasteiger charge is 2.20. The van der Waals surface area contributed by atoms with Crippen LogP contribution >= 0.6 is 0 Å². The summed E-state index contributed by atoms with van der Waals surface area (Å²) in [7, 11) is 0. The molecule has 0 spiro atoms. The molecule has 10 nitrogen and oxygen atoms in total. The number of β-amino-alcohol motifs (C(OH)–C–C–N with tert-alkyl or cyclic N) is 1. The second kappa shape index (κ2) is 17.9. The Kier molecular flexibility index (Phi) is 13.2. The topological polar surface area (TPSA) is 140 Å². The Bertz CT molecular complexity index is 1770. The summed E-state index contributed by atoms with van der Waals surface area (Å²) in [6.45, 7) is 9.96. The van der Waals surface area contributed by atoms with Crippen molar-refractivity contribution in [3.63, 3.8) is 0 Å². The number of aryl methyl sites for hydroxylation is 1. The molecule has 0 amide bonds. The average molecular weight is 681 g/mol. The van der Waals surface area contributed by atoms with Gasteiger partial charge in [-0.3, -0.25) is 4.98 Å². The van der Waals surface area contributed by atoms with Crippen LogP contribution in [-0.2, 0) is 19.8 Å². The first-order valence-corrected chi connectivity index (χ1v) is 17.2. The molecule has 1 fully saturated rings. The van der Waals surface area contributed by atoms with Crippen LogP contribution in [0, 0.1) is 32.1 Å². The van der Waals surface area contributed by atoms with E-state index >= 15 is 0 Å². The Labute approximate surface area is 294 Å². The monoisotopic (exact) mass is 680 g/mol. The number of pyridine rings is 1. The molecule has 50 heavy (non-hydrogen) atoms. The standard InChI is InChI=1S/C40H48N4O6/c1-27-15-35(17-40(38(27)21-43-33(23-45)24-46)50-25-31-16-30(18-41)19-42-20-31)49-26-32-7-4-8-36(28(32)2)37-9-5-10-39(29(37)3)48-14-6-12-44-13-11-34(47)22-44/h4-5,7-10,15-17,19-20,33-34,43,45-47H,6,11-14,21-26H2,1-3H3. The van der Waals surface area contributed by atoms with E-state index < -0.39 is 6.04 Å². The molecule has 1 unspecified atom stereocenters. The highest BCUT2D eigenvalue weighted by Crippen LogP contribution is 2.35. The van der Waals surface area contributed by atoms with E-state index in [1.54, 1.807) is 12.3 Å². The van der Waals surface area contributed by atoms with Gasteiger partial charge in [-0.2, -0.15) is 5.26 Å². The zero-order valence-corrected chi connectivity index (χ0v) is 29.2. The highest BCUT2D eigenvalue weighted by molar-refractivity contribution is 5.73. The molecule has 0 aliphatic carbocycles. The maximum atomic E-state index is 9.78. The van der Waals surface area contributed by atoms with Gasteiger partial charge in [0.15, 0.2) is 0 Å². The summed E-state index contributed by atoms with van der Waals surface area (Å²) in [6, 6.07) is 19.6. The number of benzene rings is 3. The molecule has 5 rings (SSSR count). The summed E-state index contributed by atoms with van der Waals surface area (Å²) in [6.07, 6.45) is 4.73. The van der Waals surface area contributed by atoms with Crippen LogP contribution < -0.4 is 19.5 Å². The number of aliphatic hydroxyl groups is 3. The smallest absolute Gasteiger partial charge is 0.128 e. The van der Waals surface area contributed by atoms with E-state index in [-0.39, 0.29) is 25.9 Å². The Morgan fingerprint density at radius 1 is 0.940 bits per heavy atom. The first kappa shape index (κ1) is 36.8. The zero-order valence-electron chi connectivity index (χ0n) is 29.2. The van der Waals surface area contributed by atoms with Gasteiger partial charge in [0, 0.05) is 55.8 Å². The SMILES string of the molecule is Cc1cc(OCc2cccc(-c3cccc(OCCCN4CCC(O)C4)c3C)c2C)cc(OCc2cncc(C#N)c2)c1CNC(CO)CO. The normalized spacial score (nSPS) is 14.6. The number of likely N-dealkylation sites (tertiary alicyclic amines) is 1. The third-order valence-electron chi connectivity index (χ3n) is 9.27. The molecule has 4 N–H and O–H groups in total. The summed E-state index contributed by atoms with van der Waals surface area (Å²) in [5, 5.41) is 41.4. The Morgan fingerprint density at radius 2 is 1.72 bits per heavy atom. The van der Waals surface area contributed by atoms with Gasteiger partial charge in [0.2, 0.25) is 0 Å². The summed E-state index contributed by atoms with van der Waals surface area (Å²) in [5.74, 6) is 2.12. The fraction of sp³-hybridized carbons (Fsp3) is 0.400. The lowest BCUT2D eigenvalue weighted by molar-refractivity contribution is 0.169. The quantitative estimate of drug-likeness (QED) is 0.113. The molecule has 1 saturated heterocycles. The minimum Gasteiger partial charge on any atom is -0.493 e. The number of aromatic nitrogens is 1. The number of hydrogen-bond acceptors (Lipinski definition) is 10. The summed E-state index contributed by atoms with van der Waals surface area (Å²) < 4.78 is 18.9. The van der Waals surface area contributed by atoms with Gasteiger partial charge in [-0.05, 0) is 85.2 Å². The van der Waals surface area contributed by atoms with Crippen molar-refractivity contribution in [3.8, 4) is 34.4 Å². The van der Waals surface area contributed by atoms with Gasteiger partial charge in [-0.1, -0.05) is 30.3 Å². The third kappa shape index (κ3) is 9.59. The van der Waals surface area contributed by atoms with E-state index in [2.05, 4.69) is 59.4 Å². The molecular weight excluding hydrogens is 632 g/mol. The van der Waals surface area contributed by atoms with Crippen molar-refractivity contribution in [2.75, 3.05) is 39.5 Å². The van der Waals surface area contributed by atoms with Gasteiger partial charge >= 0.3 is 0 Å². The van der Waals surface area contributed by atoms with Gasteiger partial charge in [0.25, 0.3) is 0 Å². The van der Waals surface area contributed by atoms with Gasteiger partial charge in [0.1, 0.15) is 36.5 Å². The molecule has 0 radical (unpaired) electrons. The number of rotatable bonds is 17. The third-order valence-corrected chi connectivity index (χ3v) is 9.27. The van der Waals surface area contributed by atoms with Crippen LogP contribution in [0.3, 0.4) is 0 Å². The van der Waals surface area contributed by atoms with E-state index in [4.69, 9.17) is 14.2 Å². The van der Waals surface area contributed by atoms with Crippen molar-refractivity contribution in [2.45, 2.75) is 65.5 Å². The minimum absolute atomic E-state index is 0.194. The lowest BCUT2D eigenvalue weighted by atomic mass is 9.93. The summed E-state index contributed by atoms with van der Waals surface area (Å²) in [5.41, 5.74) is 8.53. The molecule has 0 bridgehead atoms. The molecule has 1 aliphatic heterocycles. The van der Waals surface area contributed by atoms with Gasteiger partial charge in [0.05, 0.1) is 37.5 Å². The van der Waals surface area contributed by atoms with Gasteiger partial charge in [-0.25, -0.2) is 0 Å². The molecule has 4 aromatic rings. The Balaban J connectivity index is 1.29. The van der Waals surface area contributed by atoms with E-state index in [1.165, 1.54) is 6.20 Å². The highest BCUT2D eigenvalue weighted by atomic mass is 16.5. The van der Waals surface area contributed by atoms with E-state index in [0.29, 0.717) is 36.8 Å². The van der Waals surface area contributed by atoms with Crippen LogP contribution in [0.25, 0.3) is 11.1 Å². The van der Waals surface area contributed by atoms with Crippen molar-refractivity contribution in [1.29, 1.82) is 5.26 Å². The molecule has 2 heterocycles. The number of nitrogens with zero attached hydrogens (tertiary/aromatic N) is 3. The fourth-order valence-corrected chi connectivity index (χ4v) is 6.25. The van der Waals surface area contributed by atoms with Crippen LogP contribution in [0.5, 0.6) is 17.2 Å². The minimum atomic E-state index is -0.462. The molecule has 1 atom stereocenters. The van der Waals surface area contributed by atoms with Crippen molar-refractivity contribution in [2.24, 2.45) is 0 Å². The maximum absolute atomic E-state index is 9.78. The predicted molar refractivity (Wildman–Crippen MR) is 192 cm³/mol. The largest absolute Gasteiger partial charge is 0.493 e. The van der Waals surface area contributed by atoms with Crippen molar-refractivity contribution in [3.05, 3.63) is 106 Å². The second-order valence-electron chi connectivity index (χ2n) is 12.9. The Morgan fingerprint density at radius 3 is 2.46 bits per heavy atom. The van der Waals surface area contributed by atoms with Gasteiger partial charge < -0.3 is 39.7 Å². The molecular formula is C40H48N4O6. The number of aliphatic hydroxyl groups excluding tert-OH is 3. The Hall–Kier alpha value is -4.50. The van der Waals surface area contributed by atoms with Crippen molar-refractivity contribution < 1.29 is 29.5 Å². The van der Waals surface area contributed by atoms with Crippen LogP contribution in [0.1, 0.15) is 51.8 Å². The first-order chi connectivity index (χ1) is 24.3. The van der Waals surface area contributed by atoms with Crippen molar-refractivity contribution in [1.82, 2.24) is 15.2 Å². The number of nitriles is 1. The van der Waals surface area contributed by atoms with Crippen LogP contribution in [-0.4, -0.2) is 76.8 Å². The van der Waals surface area contributed by atoms with Gasteiger partial charge in [-0.15, -0.1) is 0 Å². The lowest BCUT2D eigenvalue weighted by Gasteiger charge is -2.20. The molecule has 0 saturated carbocycles. The fourth-order valence-electron chi connectivity index (χ4n) is 6.25. The second-order valence-corrected chi connectivity index (χ2v) is 12.9. The number of nitrogens with one attached hydrogen (secondary N) is 1. The first-order valence-electron chi connectivity index (χ1n) is 17.2. The van der Waals surface area contributed by atoms with Crippen LogP contribution in [0.4, 0.5) is 0 Å². The number of hydrogen-bond donors (Lipinski definition) is 4. The van der Waals surface area contributed by atoms with E-state index in [1.807, 2.05) is 31.2 Å². The molecule has 3 aromatic carbocycles. The zero-order chi connectivity index (χ0) is 35.5. The predicted octanol–water partition coefficient (Wildman–Crippen LogP) is 4.98. The van der Waals surface area contributed by atoms with Crippen molar-refractivity contribution >= 4 is 0 Å². The molecule has 10 heteroatoms. The number of ether oxygens (including phenoxy) is 3. The molecule has 1 aliphatic rings. The van der Waals surface area contributed by atoms with Crippen LogP contribution in [0.2, 0.25) is 0 Å². The summed E-state index contributed by atoms with van der Waals surface area (Å²) >= 11 is 0. The van der Waals surface area contributed by atoms with E-state index in [0.717, 1.165) is 82.7 Å². The lowest BCUT2D eigenvalue weighted by Crippen LogP contribution is -2.35. The molecule has 1 aromatic heterocycles.